The van der Waals surface area contributed by atoms with E-state index < -0.39 is 24.3 Å². The highest BCUT2D eigenvalue weighted by Gasteiger charge is 2.39. The summed E-state index contributed by atoms with van der Waals surface area (Å²) in [6.45, 7) is 5.99. The highest BCUT2D eigenvalue weighted by molar-refractivity contribution is 6.04. The van der Waals surface area contributed by atoms with Gasteiger partial charge in [-0.2, -0.15) is 0 Å². The first-order valence-electron chi connectivity index (χ1n) is 22.1. The fraction of sp³-hybridized carbons (Fsp3) is 0.388. The molecule has 6 aromatic rings. The molecule has 3 aliphatic rings. The Morgan fingerprint density at radius 3 is 2.14 bits per heavy atom. The molecule has 0 aliphatic carbocycles. The zero-order valence-electron chi connectivity index (χ0n) is 36.2. The van der Waals surface area contributed by atoms with E-state index in [9.17, 15) is 19.2 Å². The number of likely N-dealkylation sites (tertiary alicyclic amines) is 2. The van der Waals surface area contributed by atoms with E-state index >= 15 is 0 Å². The maximum absolute atomic E-state index is 14.3. The number of fused-ring (bicyclic) bond motifs is 4. The van der Waals surface area contributed by atoms with E-state index in [2.05, 4.69) is 32.4 Å². The second-order valence-corrected chi connectivity index (χ2v) is 17.1. The van der Waals surface area contributed by atoms with Crippen molar-refractivity contribution in [2.24, 2.45) is 5.92 Å². The lowest BCUT2D eigenvalue weighted by Gasteiger charge is -2.29. The number of ether oxygens (including phenoxy) is 3. The number of alkyl carbamates (subject to hydrolysis) is 2. The Balaban J connectivity index is 0.905. The number of carbonyl (C=O) groups excluding carboxylic acids is 4. The Morgan fingerprint density at radius 2 is 1.42 bits per heavy atom. The third-order valence-corrected chi connectivity index (χ3v) is 12.5. The predicted molar refractivity (Wildman–Crippen MR) is 240 cm³/mol. The minimum atomic E-state index is -0.916. The molecule has 3 aliphatic heterocycles. The first-order valence-corrected chi connectivity index (χ1v) is 22.1. The SMILES string of the molecule is COC(=O)NC(C(=O)N1CCCC1c1nc2c(ccc3cc(C#Cc4ccc5nc(C6CCCN6C(=O)C(NC(=O)OC6CCOCC6)c6ccccc6)[nH]c5c4)ccc32)[nH]1)C(C)C. The van der Waals surface area contributed by atoms with Gasteiger partial charge < -0.3 is 44.6 Å². The Hall–Kier alpha value is -6.92. The molecule has 5 heterocycles. The third-order valence-electron chi connectivity index (χ3n) is 12.5. The van der Waals surface area contributed by atoms with Gasteiger partial charge in [0.1, 0.15) is 29.8 Å². The highest BCUT2D eigenvalue weighted by atomic mass is 16.6. The van der Waals surface area contributed by atoms with Crippen molar-refractivity contribution >= 4 is 56.8 Å². The molecule has 4 N–H and O–H groups in total. The molecule has 2 aromatic heterocycles. The van der Waals surface area contributed by atoms with Gasteiger partial charge >= 0.3 is 12.2 Å². The zero-order valence-corrected chi connectivity index (χ0v) is 36.2. The second kappa shape index (κ2) is 18.4. The number of benzene rings is 4. The molecule has 15 heteroatoms. The lowest BCUT2D eigenvalue weighted by Crippen LogP contribution is -2.51. The number of hydrogen-bond donors (Lipinski definition) is 4. The van der Waals surface area contributed by atoms with Crippen LogP contribution in [0.15, 0.2) is 78.9 Å². The molecule has 0 spiro atoms. The molecule has 15 nitrogen and oxygen atoms in total. The Labute approximate surface area is 370 Å². The number of imidazole rings is 2. The smallest absolute Gasteiger partial charge is 0.408 e. The lowest BCUT2D eigenvalue weighted by molar-refractivity contribution is -0.136. The fourth-order valence-corrected chi connectivity index (χ4v) is 9.17. The number of amides is 4. The van der Waals surface area contributed by atoms with Crippen LogP contribution in [0.25, 0.3) is 32.8 Å². The second-order valence-electron chi connectivity index (χ2n) is 17.1. The molecular weight excluding hydrogens is 813 g/mol. The van der Waals surface area contributed by atoms with Crippen LogP contribution in [0.1, 0.15) is 98.8 Å². The maximum Gasteiger partial charge on any atom is 0.408 e. The molecule has 0 radical (unpaired) electrons. The van der Waals surface area contributed by atoms with Crippen LogP contribution in [0.3, 0.4) is 0 Å². The number of hydrogen-bond acceptors (Lipinski definition) is 9. The molecule has 0 bridgehead atoms. The quantitative estimate of drug-likeness (QED) is 0.108. The Bertz CT molecular complexity index is 2770. The molecular formula is C49H52N8O7. The Kier molecular flexibility index (Phi) is 12.2. The summed E-state index contributed by atoms with van der Waals surface area (Å²) >= 11 is 0. The predicted octanol–water partition coefficient (Wildman–Crippen LogP) is 7.35. The van der Waals surface area contributed by atoms with Gasteiger partial charge in [0.15, 0.2) is 0 Å². The van der Waals surface area contributed by atoms with Crippen LogP contribution < -0.4 is 10.6 Å². The number of aromatic amines is 2. The molecule has 330 valence electrons. The van der Waals surface area contributed by atoms with E-state index in [1.807, 2.05) is 103 Å². The average molecular weight is 865 g/mol. The molecule has 3 saturated heterocycles. The molecule has 3 fully saturated rings. The van der Waals surface area contributed by atoms with Crippen LogP contribution in [-0.2, 0) is 23.8 Å². The first-order chi connectivity index (χ1) is 31.1. The van der Waals surface area contributed by atoms with Crippen molar-refractivity contribution in [3.63, 3.8) is 0 Å². The molecule has 4 atom stereocenters. The number of methoxy groups -OCH3 is 1. The van der Waals surface area contributed by atoms with E-state index in [0.29, 0.717) is 50.5 Å². The Morgan fingerprint density at radius 1 is 0.750 bits per heavy atom. The van der Waals surface area contributed by atoms with Crippen LogP contribution in [-0.4, -0.2) is 99.3 Å². The van der Waals surface area contributed by atoms with Crippen LogP contribution in [0, 0.1) is 17.8 Å². The van der Waals surface area contributed by atoms with Crippen molar-refractivity contribution in [3.05, 3.63) is 107 Å². The summed E-state index contributed by atoms with van der Waals surface area (Å²) in [6.07, 6.45) is 2.87. The monoisotopic (exact) mass is 864 g/mol. The summed E-state index contributed by atoms with van der Waals surface area (Å²) in [6, 6.07) is 23.1. The van der Waals surface area contributed by atoms with E-state index in [4.69, 9.17) is 24.2 Å². The molecule has 4 amide bonds. The minimum absolute atomic E-state index is 0.121. The standard InChI is InChI=1S/C49H52N8O7/c1-29(2)41(54-48(60)62-3)46(58)56-23-8-12-40(56)45-51-37-20-17-33-27-30(15-18-35(33)43(37)53-45)13-14-31-16-19-36-38(28-31)52-44(50-36)39-11-7-24-57(39)47(59)42(32-9-5-4-6-10-32)55-49(61)64-34-21-25-63-26-22-34/h4-6,9-10,15-20,27-29,34,39-42H,7-8,11-12,21-26H2,1-3H3,(H,50,52)(H,51,53)(H,54,60)(H,55,61). The highest BCUT2D eigenvalue weighted by Crippen LogP contribution is 2.36. The number of carbonyl (C=O) groups is 4. The van der Waals surface area contributed by atoms with Crippen molar-refractivity contribution in [3.8, 4) is 11.8 Å². The van der Waals surface area contributed by atoms with Gasteiger partial charge in [-0.25, -0.2) is 19.6 Å². The summed E-state index contributed by atoms with van der Waals surface area (Å²) in [4.78, 5) is 73.7. The van der Waals surface area contributed by atoms with Crippen LogP contribution in [0.5, 0.6) is 0 Å². The van der Waals surface area contributed by atoms with E-state index in [-0.39, 0.29) is 35.9 Å². The number of aromatic nitrogens is 4. The van der Waals surface area contributed by atoms with Crippen LogP contribution in [0.2, 0.25) is 0 Å². The van der Waals surface area contributed by atoms with Gasteiger partial charge in [0.25, 0.3) is 5.91 Å². The van der Waals surface area contributed by atoms with Crippen LogP contribution >= 0.6 is 0 Å². The van der Waals surface area contributed by atoms with E-state index in [1.165, 1.54) is 7.11 Å². The van der Waals surface area contributed by atoms with Gasteiger partial charge in [-0.15, -0.1) is 0 Å². The van der Waals surface area contributed by atoms with Gasteiger partial charge in [0.05, 0.1) is 54.5 Å². The minimum Gasteiger partial charge on any atom is -0.453 e. The lowest BCUT2D eigenvalue weighted by atomic mass is 10.0. The summed E-state index contributed by atoms with van der Waals surface area (Å²) in [5.74, 6) is 7.56. The topological polar surface area (TPSA) is 184 Å². The van der Waals surface area contributed by atoms with Gasteiger partial charge in [0.2, 0.25) is 5.91 Å². The largest absolute Gasteiger partial charge is 0.453 e. The van der Waals surface area contributed by atoms with E-state index in [0.717, 1.165) is 75.5 Å². The van der Waals surface area contributed by atoms with Crippen molar-refractivity contribution in [2.75, 3.05) is 33.4 Å². The summed E-state index contributed by atoms with van der Waals surface area (Å²) < 4.78 is 15.9. The normalized spacial score (nSPS) is 18.8. The fourth-order valence-electron chi connectivity index (χ4n) is 9.17. The molecule has 4 aromatic carbocycles. The number of nitrogens with one attached hydrogen (secondary N) is 4. The third kappa shape index (κ3) is 8.83. The van der Waals surface area contributed by atoms with Gasteiger partial charge in [0, 0.05) is 42.4 Å². The van der Waals surface area contributed by atoms with E-state index in [1.54, 1.807) is 0 Å². The molecule has 4 unspecified atom stereocenters. The average Bonchev–Trinajstić information content (AvgIpc) is 4.15. The van der Waals surface area contributed by atoms with Gasteiger partial charge in [-0.3, -0.25) is 9.59 Å². The van der Waals surface area contributed by atoms with Crippen LogP contribution in [0.4, 0.5) is 9.59 Å². The molecule has 9 rings (SSSR count). The van der Waals surface area contributed by atoms with Crippen molar-refractivity contribution in [2.45, 2.75) is 82.6 Å². The number of H-pyrrole nitrogens is 2. The van der Waals surface area contributed by atoms with Crippen molar-refractivity contribution in [1.82, 2.24) is 40.4 Å². The first kappa shape index (κ1) is 42.4. The summed E-state index contributed by atoms with van der Waals surface area (Å²) in [7, 11) is 1.29. The van der Waals surface area contributed by atoms with Crippen molar-refractivity contribution < 1.29 is 33.4 Å². The summed E-state index contributed by atoms with van der Waals surface area (Å²) in [5, 5.41) is 7.54. The van der Waals surface area contributed by atoms with Gasteiger partial charge in [-0.1, -0.05) is 68.2 Å². The maximum atomic E-state index is 14.3. The summed E-state index contributed by atoms with van der Waals surface area (Å²) in [5.41, 5.74) is 5.62. The number of nitrogens with zero attached hydrogens (tertiary/aromatic N) is 4. The van der Waals surface area contributed by atoms with Gasteiger partial charge in [-0.05, 0) is 78.9 Å². The molecule has 0 saturated carbocycles. The zero-order chi connectivity index (χ0) is 44.3. The van der Waals surface area contributed by atoms with Crippen molar-refractivity contribution in [1.29, 1.82) is 0 Å². The molecule has 64 heavy (non-hydrogen) atoms. The number of rotatable bonds is 9.